The molecule has 2 aliphatic heterocycles. The van der Waals surface area contributed by atoms with Crippen LogP contribution in [0.1, 0.15) is 45.5 Å². The smallest absolute Gasteiger partial charge is 0.259 e. The highest BCUT2D eigenvalue weighted by Crippen LogP contribution is 2.31. The van der Waals surface area contributed by atoms with E-state index >= 15 is 0 Å². The van der Waals surface area contributed by atoms with Gasteiger partial charge in [0.05, 0.1) is 11.3 Å². The monoisotopic (exact) mass is 423 g/mol. The molecule has 30 heavy (non-hydrogen) atoms. The molecule has 2 heterocycles. The van der Waals surface area contributed by atoms with Gasteiger partial charge >= 0.3 is 0 Å². The number of nitrogens with one attached hydrogen (secondary N) is 1. The quantitative estimate of drug-likeness (QED) is 0.807. The number of anilines is 1. The maximum Gasteiger partial charge on any atom is 0.259 e. The molecule has 1 N–H and O–H groups in total. The Labute approximate surface area is 180 Å². The summed E-state index contributed by atoms with van der Waals surface area (Å²) >= 11 is 6.11. The van der Waals surface area contributed by atoms with E-state index in [1.807, 2.05) is 6.07 Å². The molecule has 1 fully saturated rings. The largest absolute Gasteiger partial charge is 0.339 e. The van der Waals surface area contributed by atoms with E-state index < -0.39 is 5.91 Å². The van der Waals surface area contributed by atoms with E-state index in [0.717, 1.165) is 24.8 Å². The molecule has 7 heteroatoms. The van der Waals surface area contributed by atoms with Crippen molar-refractivity contribution in [1.29, 1.82) is 0 Å². The molecule has 0 radical (unpaired) electrons. The third-order valence-corrected chi connectivity index (χ3v) is 5.71. The molecule has 2 aromatic carbocycles. The van der Waals surface area contributed by atoms with Crippen molar-refractivity contribution >= 4 is 40.7 Å². The minimum atomic E-state index is -0.424. The number of likely N-dealkylation sites (tertiary alicyclic amines) is 1. The SMILES string of the molecule is C=C1c2ccccc2C(=O)N1CC(=O)Nc1cc(Cl)ccc1C(=O)N1CCCCC1. The summed E-state index contributed by atoms with van der Waals surface area (Å²) in [6.07, 6.45) is 3.06. The molecule has 0 bridgehead atoms. The zero-order valence-corrected chi connectivity index (χ0v) is 17.2. The molecule has 4 rings (SSSR count). The Hall–Kier alpha value is -3.12. The van der Waals surface area contributed by atoms with E-state index in [1.165, 1.54) is 4.90 Å². The number of benzene rings is 2. The Morgan fingerprint density at radius 2 is 1.73 bits per heavy atom. The molecule has 0 atom stereocenters. The van der Waals surface area contributed by atoms with Gasteiger partial charge in [0.2, 0.25) is 5.91 Å². The molecular weight excluding hydrogens is 402 g/mol. The van der Waals surface area contributed by atoms with Gasteiger partial charge in [0.15, 0.2) is 0 Å². The second-order valence-corrected chi connectivity index (χ2v) is 7.91. The van der Waals surface area contributed by atoms with Crippen molar-refractivity contribution in [2.24, 2.45) is 0 Å². The highest BCUT2D eigenvalue weighted by Gasteiger charge is 2.32. The summed E-state index contributed by atoms with van der Waals surface area (Å²) in [5, 5.41) is 3.17. The van der Waals surface area contributed by atoms with E-state index in [2.05, 4.69) is 11.9 Å². The summed E-state index contributed by atoms with van der Waals surface area (Å²) in [7, 11) is 0. The molecule has 0 spiro atoms. The highest BCUT2D eigenvalue weighted by molar-refractivity contribution is 6.31. The third-order valence-electron chi connectivity index (χ3n) is 5.47. The lowest BCUT2D eigenvalue weighted by Gasteiger charge is -2.27. The average molecular weight is 424 g/mol. The minimum Gasteiger partial charge on any atom is -0.339 e. The van der Waals surface area contributed by atoms with Crippen molar-refractivity contribution < 1.29 is 14.4 Å². The van der Waals surface area contributed by atoms with Crippen molar-refractivity contribution in [2.45, 2.75) is 19.3 Å². The number of carbonyl (C=O) groups is 3. The van der Waals surface area contributed by atoms with Crippen molar-refractivity contribution in [1.82, 2.24) is 9.80 Å². The number of halogens is 1. The fourth-order valence-corrected chi connectivity index (χ4v) is 4.08. The molecular formula is C23H22ClN3O3. The average Bonchev–Trinajstić information content (AvgIpc) is 2.99. The second kappa shape index (κ2) is 8.32. The van der Waals surface area contributed by atoms with E-state index in [0.29, 0.717) is 40.6 Å². The highest BCUT2D eigenvalue weighted by atomic mass is 35.5. The number of piperidine rings is 1. The molecule has 1 saturated heterocycles. The van der Waals surface area contributed by atoms with Gasteiger partial charge in [0.1, 0.15) is 6.54 Å². The number of hydrogen-bond acceptors (Lipinski definition) is 3. The molecule has 0 unspecified atom stereocenters. The van der Waals surface area contributed by atoms with Gasteiger partial charge in [-0.1, -0.05) is 36.4 Å². The number of carbonyl (C=O) groups excluding carboxylic acids is 3. The van der Waals surface area contributed by atoms with E-state index in [1.54, 1.807) is 41.3 Å². The van der Waals surface area contributed by atoms with Gasteiger partial charge in [0, 0.05) is 34.9 Å². The molecule has 0 aliphatic carbocycles. The normalized spacial score (nSPS) is 15.9. The number of amides is 3. The van der Waals surface area contributed by atoms with Gasteiger partial charge in [-0.3, -0.25) is 19.3 Å². The fourth-order valence-electron chi connectivity index (χ4n) is 3.91. The minimum absolute atomic E-state index is 0.129. The zero-order valence-electron chi connectivity index (χ0n) is 16.5. The standard InChI is InChI=1S/C23H22ClN3O3/c1-15-17-7-3-4-8-18(17)23(30)27(15)14-21(28)25-20-13-16(24)9-10-19(20)22(29)26-11-5-2-6-12-26/h3-4,7-10,13H,1-2,5-6,11-12,14H2,(H,25,28). The summed E-state index contributed by atoms with van der Waals surface area (Å²) < 4.78 is 0. The first-order valence-electron chi connectivity index (χ1n) is 9.94. The van der Waals surface area contributed by atoms with Crippen LogP contribution in [-0.2, 0) is 4.79 Å². The maximum absolute atomic E-state index is 13.0. The fraction of sp³-hybridized carbons (Fsp3) is 0.261. The molecule has 6 nitrogen and oxygen atoms in total. The van der Waals surface area contributed by atoms with Gasteiger partial charge in [-0.05, 0) is 43.5 Å². The van der Waals surface area contributed by atoms with Crippen LogP contribution in [0.4, 0.5) is 5.69 Å². The second-order valence-electron chi connectivity index (χ2n) is 7.47. The van der Waals surface area contributed by atoms with Crippen molar-refractivity contribution in [3.05, 3.63) is 70.8 Å². The first kappa shape index (κ1) is 20.2. The van der Waals surface area contributed by atoms with Gasteiger partial charge in [0.25, 0.3) is 11.8 Å². The number of nitrogens with zero attached hydrogens (tertiary/aromatic N) is 2. The topological polar surface area (TPSA) is 69.7 Å². The van der Waals surface area contributed by atoms with Crippen LogP contribution in [0.5, 0.6) is 0 Å². The zero-order chi connectivity index (χ0) is 21.3. The number of rotatable bonds is 4. The lowest BCUT2D eigenvalue weighted by molar-refractivity contribution is -0.116. The maximum atomic E-state index is 13.0. The molecule has 2 aromatic rings. The summed E-state index contributed by atoms with van der Waals surface area (Å²) in [5.41, 5.74) is 2.47. The first-order chi connectivity index (χ1) is 14.5. The van der Waals surface area contributed by atoms with Crippen LogP contribution in [0.3, 0.4) is 0 Å². The summed E-state index contributed by atoms with van der Waals surface area (Å²) in [6.45, 7) is 5.16. The Balaban J connectivity index is 1.51. The van der Waals surface area contributed by atoms with Crippen LogP contribution in [-0.4, -0.2) is 47.2 Å². The summed E-state index contributed by atoms with van der Waals surface area (Å²) in [4.78, 5) is 41.5. The van der Waals surface area contributed by atoms with Crippen molar-refractivity contribution in [3.63, 3.8) is 0 Å². The van der Waals surface area contributed by atoms with Crippen molar-refractivity contribution in [3.8, 4) is 0 Å². The van der Waals surface area contributed by atoms with E-state index in [4.69, 9.17) is 11.6 Å². The van der Waals surface area contributed by atoms with Crippen molar-refractivity contribution in [2.75, 3.05) is 25.0 Å². The van der Waals surface area contributed by atoms with Crippen LogP contribution in [0, 0.1) is 0 Å². The summed E-state index contributed by atoms with van der Waals surface area (Å²) in [6, 6.07) is 11.9. The van der Waals surface area contributed by atoms with Gasteiger partial charge < -0.3 is 10.2 Å². The Morgan fingerprint density at radius 1 is 1.03 bits per heavy atom. The number of hydrogen-bond donors (Lipinski definition) is 1. The lowest BCUT2D eigenvalue weighted by Crippen LogP contribution is -2.37. The Bertz CT molecular complexity index is 1010. The van der Waals surface area contributed by atoms with Gasteiger partial charge in [-0.25, -0.2) is 0 Å². The molecule has 2 aliphatic rings. The van der Waals surface area contributed by atoms with Crippen LogP contribution in [0.2, 0.25) is 5.02 Å². The predicted octanol–water partition coefficient (Wildman–Crippen LogP) is 4.03. The molecule has 0 aromatic heterocycles. The van der Waals surface area contributed by atoms with Gasteiger partial charge in [-0.2, -0.15) is 0 Å². The van der Waals surface area contributed by atoms with Crippen LogP contribution >= 0.6 is 11.6 Å². The van der Waals surface area contributed by atoms with E-state index in [9.17, 15) is 14.4 Å². The van der Waals surface area contributed by atoms with Crippen LogP contribution in [0.25, 0.3) is 5.70 Å². The van der Waals surface area contributed by atoms with Gasteiger partial charge in [-0.15, -0.1) is 0 Å². The van der Waals surface area contributed by atoms with E-state index in [-0.39, 0.29) is 18.4 Å². The first-order valence-corrected chi connectivity index (χ1v) is 10.3. The van der Waals surface area contributed by atoms with Crippen LogP contribution < -0.4 is 5.32 Å². The Kier molecular flexibility index (Phi) is 5.59. The molecule has 0 saturated carbocycles. The molecule has 154 valence electrons. The predicted molar refractivity (Wildman–Crippen MR) is 116 cm³/mol. The van der Waals surface area contributed by atoms with Crippen LogP contribution in [0.15, 0.2) is 49.0 Å². The Morgan fingerprint density at radius 3 is 2.43 bits per heavy atom. The summed E-state index contributed by atoms with van der Waals surface area (Å²) in [5.74, 6) is -0.815. The molecule has 3 amide bonds. The lowest BCUT2D eigenvalue weighted by atomic mass is 10.1. The third kappa shape index (κ3) is 3.83. The number of fused-ring (bicyclic) bond motifs is 1.